The third kappa shape index (κ3) is 3.04. The number of anilines is 1. The fraction of sp³-hybridized carbons (Fsp3) is 0.357. The molecular formula is C14H17Cl2N3. The molecule has 19 heavy (non-hydrogen) atoms. The Hall–Kier alpha value is -1.19. The van der Waals surface area contributed by atoms with E-state index in [0.29, 0.717) is 11.6 Å². The highest BCUT2D eigenvalue weighted by atomic mass is 35.5. The van der Waals surface area contributed by atoms with Crippen molar-refractivity contribution in [3.05, 3.63) is 45.2 Å². The molecule has 1 heterocycles. The molecule has 0 radical (unpaired) electrons. The molecule has 0 spiro atoms. The van der Waals surface area contributed by atoms with E-state index in [-0.39, 0.29) is 0 Å². The number of aryl methyl sites for hydroxylation is 3. The summed E-state index contributed by atoms with van der Waals surface area (Å²) in [5.74, 6) is 0. The van der Waals surface area contributed by atoms with Gasteiger partial charge in [-0.2, -0.15) is 5.10 Å². The lowest BCUT2D eigenvalue weighted by molar-refractivity contribution is 0.707. The third-order valence-corrected chi connectivity index (χ3v) is 3.82. The van der Waals surface area contributed by atoms with Crippen molar-refractivity contribution in [1.82, 2.24) is 9.78 Å². The van der Waals surface area contributed by atoms with E-state index in [1.165, 1.54) is 0 Å². The van der Waals surface area contributed by atoms with Gasteiger partial charge in [-0.15, -0.1) is 0 Å². The molecule has 1 aromatic carbocycles. The first kappa shape index (κ1) is 14.2. The lowest BCUT2D eigenvalue weighted by Crippen LogP contribution is -2.06. The van der Waals surface area contributed by atoms with Gasteiger partial charge in [-0.1, -0.05) is 36.2 Å². The molecule has 5 heteroatoms. The Kier molecular flexibility index (Phi) is 4.38. The van der Waals surface area contributed by atoms with Gasteiger partial charge in [0.25, 0.3) is 0 Å². The second kappa shape index (κ2) is 5.85. The lowest BCUT2D eigenvalue weighted by atomic mass is 10.2. The summed E-state index contributed by atoms with van der Waals surface area (Å²) < 4.78 is 1.82. The van der Waals surface area contributed by atoms with Crippen LogP contribution in [0.2, 0.25) is 10.0 Å². The molecule has 0 saturated carbocycles. The fourth-order valence-corrected chi connectivity index (χ4v) is 2.62. The van der Waals surface area contributed by atoms with Crippen LogP contribution >= 0.6 is 23.2 Å². The van der Waals surface area contributed by atoms with Crippen molar-refractivity contribution in [2.24, 2.45) is 7.05 Å². The molecule has 1 N–H and O–H groups in total. The second-order valence-electron chi connectivity index (χ2n) is 4.52. The molecule has 0 atom stereocenters. The maximum absolute atomic E-state index is 6.30. The maximum atomic E-state index is 6.30. The van der Waals surface area contributed by atoms with Gasteiger partial charge in [0.05, 0.1) is 33.7 Å². The molecule has 1 aromatic heterocycles. The van der Waals surface area contributed by atoms with Gasteiger partial charge in [0.2, 0.25) is 0 Å². The molecule has 2 aromatic rings. The number of hydrogen-bond donors (Lipinski definition) is 1. The van der Waals surface area contributed by atoms with Crippen molar-refractivity contribution in [3.8, 4) is 0 Å². The van der Waals surface area contributed by atoms with E-state index >= 15 is 0 Å². The van der Waals surface area contributed by atoms with Crippen molar-refractivity contribution in [1.29, 1.82) is 0 Å². The van der Waals surface area contributed by atoms with Crippen LogP contribution in [0.25, 0.3) is 0 Å². The molecule has 0 aliphatic rings. The molecule has 0 aliphatic heterocycles. The van der Waals surface area contributed by atoms with E-state index in [9.17, 15) is 0 Å². The summed E-state index contributed by atoms with van der Waals surface area (Å²) in [6, 6.07) is 5.94. The normalized spacial score (nSPS) is 10.8. The summed E-state index contributed by atoms with van der Waals surface area (Å²) in [7, 11) is 1.90. The van der Waals surface area contributed by atoms with Crippen molar-refractivity contribution >= 4 is 28.9 Å². The van der Waals surface area contributed by atoms with E-state index in [1.54, 1.807) is 0 Å². The molecule has 2 rings (SSSR count). The number of nitrogens with zero attached hydrogens (tertiary/aromatic N) is 2. The third-order valence-electron chi connectivity index (χ3n) is 3.07. The van der Waals surface area contributed by atoms with Crippen LogP contribution in [0.3, 0.4) is 0 Å². The van der Waals surface area contributed by atoms with Crippen LogP contribution in [0.4, 0.5) is 5.69 Å². The Morgan fingerprint density at radius 1 is 1.32 bits per heavy atom. The first-order valence-corrected chi connectivity index (χ1v) is 6.98. The highest BCUT2D eigenvalue weighted by molar-refractivity contribution is 6.33. The van der Waals surface area contributed by atoms with E-state index in [4.69, 9.17) is 23.2 Å². The van der Waals surface area contributed by atoms with Gasteiger partial charge in [-0.3, -0.25) is 4.68 Å². The summed E-state index contributed by atoms with van der Waals surface area (Å²) in [5.41, 5.74) is 3.94. The molecule has 0 bridgehead atoms. The molecule has 102 valence electrons. The summed E-state index contributed by atoms with van der Waals surface area (Å²) >= 11 is 12.5. The number of hydrogen-bond acceptors (Lipinski definition) is 2. The molecule has 0 fully saturated rings. The Labute approximate surface area is 123 Å². The molecule has 0 saturated heterocycles. The van der Waals surface area contributed by atoms with Crippen molar-refractivity contribution in [3.63, 3.8) is 0 Å². The number of benzene rings is 1. The van der Waals surface area contributed by atoms with Gasteiger partial charge < -0.3 is 5.32 Å². The minimum absolute atomic E-state index is 0.602. The van der Waals surface area contributed by atoms with Gasteiger partial charge in [-0.25, -0.2) is 0 Å². The molecule has 0 aliphatic carbocycles. The lowest BCUT2D eigenvalue weighted by Gasteiger charge is -2.09. The van der Waals surface area contributed by atoms with Crippen LogP contribution in [-0.2, 0) is 20.0 Å². The molecular weight excluding hydrogens is 281 g/mol. The van der Waals surface area contributed by atoms with Crippen LogP contribution in [0.5, 0.6) is 0 Å². The van der Waals surface area contributed by atoms with Gasteiger partial charge in [-0.05, 0) is 31.0 Å². The smallest absolute Gasteiger partial charge is 0.0868 e. The summed E-state index contributed by atoms with van der Waals surface area (Å²) in [5, 5.41) is 9.14. The van der Waals surface area contributed by atoms with Gasteiger partial charge in [0, 0.05) is 7.05 Å². The standard InChI is InChI=1S/C14H17Cl2N3/c1-4-11-14(16)13(19(3)18-11)8-17-12-6-5-9(2)7-10(12)15/h5-7,17H,4,8H2,1-3H3. The zero-order chi connectivity index (χ0) is 14.0. The molecule has 0 amide bonds. The monoisotopic (exact) mass is 297 g/mol. The zero-order valence-electron chi connectivity index (χ0n) is 11.3. The molecule has 0 unspecified atom stereocenters. The molecule has 3 nitrogen and oxygen atoms in total. The fourth-order valence-electron chi connectivity index (χ4n) is 1.95. The number of halogens is 2. The predicted octanol–water partition coefficient (Wildman–Crippen LogP) is 4.21. The summed E-state index contributed by atoms with van der Waals surface area (Å²) in [6.07, 6.45) is 0.831. The van der Waals surface area contributed by atoms with Crippen LogP contribution in [0.1, 0.15) is 23.9 Å². The Morgan fingerprint density at radius 3 is 2.63 bits per heavy atom. The topological polar surface area (TPSA) is 29.9 Å². The first-order valence-electron chi connectivity index (χ1n) is 6.23. The van der Waals surface area contributed by atoms with Crippen molar-refractivity contribution in [2.75, 3.05) is 5.32 Å². The van der Waals surface area contributed by atoms with Gasteiger partial charge >= 0.3 is 0 Å². The number of rotatable bonds is 4. The van der Waals surface area contributed by atoms with E-state index in [0.717, 1.165) is 34.1 Å². The largest absolute Gasteiger partial charge is 0.378 e. The summed E-state index contributed by atoms with van der Waals surface area (Å²) in [6.45, 7) is 4.66. The highest BCUT2D eigenvalue weighted by Gasteiger charge is 2.12. The van der Waals surface area contributed by atoms with E-state index in [2.05, 4.69) is 10.4 Å². The minimum atomic E-state index is 0.602. The first-order chi connectivity index (χ1) is 9.02. The maximum Gasteiger partial charge on any atom is 0.0868 e. The van der Waals surface area contributed by atoms with Crippen molar-refractivity contribution < 1.29 is 0 Å². The number of aromatic nitrogens is 2. The van der Waals surface area contributed by atoms with Crippen LogP contribution in [-0.4, -0.2) is 9.78 Å². The number of nitrogens with one attached hydrogen (secondary N) is 1. The zero-order valence-corrected chi connectivity index (χ0v) is 12.8. The predicted molar refractivity (Wildman–Crippen MR) is 81.1 cm³/mol. The quantitative estimate of drug-likeness (QED) is 0.916. The second-order valence-corrected chi connectivity index (χ2v) is 5.31. The Bertz CT molecular complexity index is 591. The Morgan fingerprint density at radius 2 is 2.05 bits per heavy atom. The average Bonchev–Trinajstić information content (AvgIpc) is 2.64. The van der Waals surface area contributed by atoms with Crippen LogP contribution in [0.15, 0.2) is 18.2 Å². The van der Waals surface area contributed by atoms with Crippen LogP contribution < -0.4 is 5.32 Å². The minimum Gasteiger partial charge on any atom is -0.378 e. The highest BCUT2D eigenvalue weighted by Crippen LogP contribution is 2.25. The Balaban J connectivity index is 2.16. The van der Waals surface area contributed by atoms with Crippen molar-refractivity contribution in [2.45, 2.75) is 26.8 Å². The SMILES string of the molecule is CCc1nn(C)c(CNc2ccc(C)cc2Cl)c1Cl. The van der Waals surface area contributed by atoms with Crippen LogP contribution in [0, 0.1) is 6.92 Å². The van der Waals surface area contributed by atoms with E-state index < -0.39 is 0 Å². The van der Waals surface area contributed by atoms with Gasteiger partial charge in [0.1, 0.15) is 0 Å². The average molecular weight is 298 g/mol. The van der Waals surface area contributed by atoms with E-state index in [1.807, 2.05) is 43.8 Å². The van der Waals surface area contributed by atoms with Gasteiger partial charge in [0.15, 0.2) is 0 Å². The summed E-state index contributed by atoms with van der Waals surface area (Å²) in [4.78, 5) is 0.